The third-order valence-corrected chi connectivity index (χ3v) is 2.33. The summed E-state index contributed by atoms with van der Waals surface area (Å²) in [6, 6.07) is -4.18. The van der Waals surface area contributed by atoms with Crippen LogP contribution in [0.3, 0.4) is 0 Å². The Morgan fingerprint density at radius 1 is 0.938 bits per heavy atom. The SMILES string of the molecule is C=C(C(F)(F)F)C(F)(F)N1CCN(F)CC1. The second-order valence-electron chi connectivity index (χ2n) is 3.41. The number of rotatable bonds is 2. The van der Waals surface area contributed by atoms with Gasteiger partial charge in [-0.05, 0) is 0 Å². The number of halogens is 6. The number of hydrogen-bond donors (Lipinski definition) is 0. The molecule has 2 nitrogen and oxygen atoms in total. The maximum Gasteiger partial charge on any atom is 0.419 e. The van der Waals surface area contributed by atoms with Crippen molar-refractivity contribution >= 4 is 0 Å². The van der Waals surface area contributed by atoms with Gasteiger partial charge in [0.2, 0.25) is 0 Å². The highest BCUT2D eigenvalue weighted by atomic mass is 19.4. The lowest BCUT2D eigenvalue weighted by molar-refractivity contribution is -0.193. The molecule has 94 valence electrons. The zero-order valence-electron chi connectivity index (χ0n) is 8.20. The molecule has 0 aromatic rings. The fraction of sp³-hybridized carbons (Fsp3) is 0.750. The molecule has 0 unspecified atom stereocenters. The lowest BCUT2D eigenvalue weighted by atomic mass is 10.2. The second-order valence-corrected chi connectivity index (χ2v) is 3.41. The molecule has 1 aliphatic heterocycles. The monoisotopic (exact) mass is 248 g/mol. The standard InChI is InChI=1S/C8H10F6N2/c1-6(7(9,10)11)8(12,13)15-2-4-16(14)5-3-15/h1-5H2. The van der Waals surface area contributed by atoms with Gasteiger partial charge in [0.1, 0.15) is 5.57 Å². The number of nitrogens with zero attached hydrogens (tertiary/aromatic N) is 2. The van der Waals surface area contributed by atoms with Gasteiger partial charge in [0.25, 0.3) is 0 Å². The van der Waals surface area contributed by atoms with Gasteiger partial charge in [0.15, 0.2) is 0 Å². The van der Waals surface area contributed by atoms with Gasteiger partial charge in [0.05, 0.1) is 0 Å². The fourth-order valence-electron chi connectivity index (χ4n) is 1.32. The Kier molecular flexibility index (Phi) is 3.53. The summed E-state index contributed by atoms with van der Waals surface area (Å²) in [5.41, 5.74) is -2.12. The van der Waals surface area contributed by atoms with Crippen LogP contribution in [0.15, 0.2) is 12.2 Å². The van der Waals surface area contributed by atoms with E-state index in [0.29, 0.717) is 0 Å². The van der Waals surface area contributed by atoms with E-state index in [1.54, 1.807) is 0 Å². The molecule has 0 atom stereocenters. The second kappa shape index (κ2) is 4.25. The predicted octanol–water partition coefficient (Wildman–Crippen LogP) is 2.20. The molecule has 0 amide bonds. The molecule has 8 heteroatoms. The molecule has 0 N–H and O–H groups in total. The maximum absolute atomic E-state index is 13.3. The van der Waals surface area contributed by atoms with Crippen LogP contribution in [0.25, 0.3) is 0 Å². The minimum absolute atomic E-state index is 0.277. The number of hydrogen-bond acceptors (Lipinski definition) is 2. The maximum atomic E-state index is 13.3. The Bertz CT molecular complexity index is 266. The molecule has 1 saturated heterocycles. The average molecular weight is 248 g/mol. The van der Waals surface area contributed by atoms with Crippen molar-refractivity contribution in [2.45, 2.75) is 12.2 Å². The highest BCUT2D eigenvalue weighted by molar-refractivity contribution is 5.13. The Hall–Kier alpha value is -0.760. The number of piperazine rings is 1. The first-order valence-corrected chi connectivity index (χ1v) is 4.46. The largest absolute Gasteiger partial charge is 0.419 e. The van der Waals surface area contributed by atoms with Crippen LogP contribution >= 0.6 is 0 Å². The molecule has 0 radical (unpaired) electrons. The Morgan fingerprint density at radius 2 is 1.38 bits per heavy atom. The van der Waals surface area contributed by atoms with Gasteiger partial charge in [-0.1, -0.05) is 6.58 Å². The molecule has 1 fully saturated rings. The van der Waals surface area contributed by atoms with Crippen LogP contribution in [0.4, 0.5) is 26.4 Å². The van der Waals surface area contributed by atoms with Crippen molar-refractivity contribution in [3.8, 4) is 0 Å². The summed E-state index contributed by atoms with van der Waals surface area (Å²) < 4.78 is 75.3. The molecular weight excluding hydrogens is 238 g/mol. The third-order valence-electron chi connectivity index (χ3n) is 2.33. The van der Waals surface area contributed by atoms with Crippen LogP contribution in [0.1, 0.15) is 0 Å². The van der Waals surface area contributed by atoms with Crippen LogP contribution in [0.2, 0.25) is 0 Å². The van der Waals surface area contributed by atoms with E-state index in [9.17, 15) is 26.4 Å². The van der Waals surface area contributed by atoms with E-state index >= 15 is 0 Å². The fourth-order valence-corrected chi connectivity index (χ4v) is 1.32. The van der Waals surface area contributed by atoms with Gasteiger partial charge < -0.3 is 0 Å². The number of alkyl halides is 5. The molecule has 0 bridgehead atoms. The van der Waals surface area contributed by atoms with Crippen LogP contribution in [0, 0.1) is 0 Å². The highest BCUT2D eigenvalue weighted by Crippen LogP contribution is 2.38. The van der Waals surface area contributed by atoms with E-state index in [-0.39, 0.29) is 23.1 Å². The minimum Gasteiger partial charge on any atom is -0.238 e. The lowest BCUT2D eigenvalue weighted by Gasteiger charge is -2.36. The van der Waals surface area contributed by atoms with E-state index in [1.807, 2.05) is 0 Å². The van der Waals surface area contributed by atoms with Gasteiger partial charge in [-0.2, -0.15) is 22.0 Å². The van der Waals surface area contributed by atoms with E-state index in [1.165, 1.54) is 0 Å². The van der Waals surface area contributed by atoms with E-state index in [4.69, 9.17) is 0 Å². The van der Waals surface area contributed by atoms with Crippen molar-refractivity contribution in [3.05, 3.63) is 12.2 Å². The van der Waals surface area contributed by atoms with Gasteiger partial charge in [-0.25, -0.2) is 4.90 Å². The third kappa shape index (κ3) is 2.67. The summed E-state index contributed by atoms with van der Waals surface area (Å²) in [4.78, 5) is 0.277. The predicted molar refractivity (Wildman–Crippen MR) is 44.4 cm³/mol. The van der Waals surface area contributed by atoms with E-state index in [0.717, 1.165) is 0 Å². The topological polar surface area (TPSA) is 6.48 Å². The summed E-state index contributed by atoms with van der Waals surface area (Å²) in [6.07, 6.45) is -5.16. The first-order chi connectivity index (χ1) is 7.15. The normalized spacial score (nSPS) is 21.1. The van der Waals surface area contributed by atoms with Crippen molar-refractivity contribution in [1.29, 1.82) is 0 Å². The van der Waals surface area contributed by atoms with Crippen molar-refractivity contribution in [2.24, 2.45) is 0 Å². The van der Waals surface area contributed by atoms with Gasteiger partial charge in [-0.15, -0.1) is 9.60 Å². The van der Waals surface area contributed by atoms with Crippen LogP contribution in [-0.4, -0.2) is 48.4 Å². The molecule has 0 aromatic heterocycles. The molecule has 0 spiro atoms. The van der Waals surface area contributed by atoms with Gasteiger partial charge in [0, 0.05) is 26.2 Å². The molecule has 0 aliphatic carbocycles. The summed E-state index contributed by atoms with van der Waals surface area (Å²) in [6.45, 7) is 0.728. The average Bonchev–Trinajstić information content (AvgIpc) is 2.16. The van der Waals surface area contributed by atoms with E-state index < -0.39 is 30.9 Å². The van der Waals surface area contributed by atoms with Crippen LogP contribution in [-0.2, 0) is 0 Å². The zero-order valence-corrected chi connectivity index (χ0v) is 8.20. The molecule has 16 heavy (non-hydrogen) atoms. The highest BCUT2D eigenvalue weighted by Gasteiger charge is 2.52. The molecule has 1 rings (SSSR count). The summed E-state index contributed by atoms with van der Waals surface area (Å²) in [5, 5.41) is 0.281. The molecule has 1 heterocycles. The minimum atomic E-state index is -5.16. The zero-order chi connectivity index (χ0) is 12.6. The van der Waals surface area contributed by atoms with Crippen molar-refractivity contribution < 1.29 is 26.4 Å². The van der Waals surface area contributed by atoms with Gasteiger partial charge in [-0.3, -0.25) is 0 Å². The Morgan fingerprint density at radius 3 is 1.75 bits per heavy atom. The summed E-state index contributed by atoms with van der Waals surface area (Å²) >= 11 is 0. The summed E-state index contributed by atoms with van der Waals surface area (Å²) in [7, 11) is 0. The van der Waals surface area contributed by atoms with Crippen molar-refractivity contribution in [1.82, 2.24) is 10.0 Å². The molecule has 1 aliphatic rings. The van der Waals surface area contributed by atoms with E-state index in [2.05, 4.69) is 6.58 Å². The van der Waals surface area contributed by atoms with Crippen molar-refractivity contribution in [2.75, 3.05) is 26.2 Å². The Labute approximate surface area is 88.0 Å². The quantitative estimate of drug-likeness (QED) is 0.320. The first-order valence-electron chi connectivity index (χ1n) is 4.46. The molecular formula is C8H10F6N2. The first kappa shape index (κ1) is 13.3. The molecule has 0 saturated carbocycles. The van der Waals surface area contributed by atoms with Crippen molar-refractivity contribution in [3.63, 3.8) is 0 Å². The lowest BCUT2D eigenvalue weighted by Crippen LogP contribution is -2.54. The van der Waals surface area contributed by atoms with Crippen LogP contribution in [0.5, 0.6) is 0 Å². The molecule has 0 aromatic carbocycles. The smallest absolute Gasteiger partial charge is 0.238 e. The summed E-state index contributed by atoms with van der Waals surface area (Å²) in [5.74, 6) is 0. The Balaban J connectivity index is 2.74. The van der Waals surface area contributed by atoms with Crippen LogP contribution < -0.4 is 0 Å². The van der Waals surface area contributed by atoms with Gasteiger partial charge >= 0.3 is 12.2 Å².